The van der Waals surface area contributed by atoms with Crippen LogP contribution in [0.5, 0.6) is 0 Å². The summed E-state index contributed by atoms with van der Waals surface area (Å²) in [4.78, 5) is 2.79. The molecule has 0 nitrogen and oxygen atoms in total. The second-order valence-electron chi connectivity index (χ2n) is 16.2. The molecule has 0 spiro atoms. The first kappa shape index (κ1) is 30.1. The van der Waals surface area contributed by atoms with Gasteiger partial charge in [-0.15, -0.1) is 22.7 Å². The third-order valence-corrected chi connectivity index (χ3v) is 13.3. The predicted molar refractivity (Wildman–Crippen MR) is 218 cm³/mol. The van der Waals surface area contributed by atoms with E-state index in [1.165, 1.54) is 107 Å². The van der Waals surface area contributed by atoms with Crippen LogP contribution in [0.1, 0.15) is 74.9 Å². The van der Waals surface area contributed by atoms with Crippen LogP contribution < -0.4 is 10.4 Å². The SMILES string of the molecule is CC(C)(C)c1ccc(C2=c3cc4cc5c(cc4cc3-c3sc4ccccc4c32)=C(c2ccc(C(C)(C)C)cc2)c2c-5sc3ccccc23)cc1. The Labute approximate surface area is 301 Å². The van der Waals surface area contributed by atoms with E-state index < -0.39 is 0 Å². The van der Waals surface area contributed by atoms with E-state index in [1.54, 1.807) is 0 Å². The number of benzene rings is 6. The van der Waals surface area contributed by atoms with Crippen LogP contribution in [0.3, 0.4) is 0 Å². The maximum Gasteiger partial charge on any atom is 0.0440 e. The van der Waals surface area contributed by atoms with Gasteiger partial charge in [0.2, 0.25) is 0 Å². The van der Waals surface area contributed by atoms with Gasteiger partial charge in [0, 0.05) is 52.2 Å². The average molecular weight is 679 g/mol. The Morgan fingerprint density at radius 3 is 1.18 bits per heavy atom. The van der Waals surface area contributed by atoms with Crippen LogP contribution in [0.25, 0.3) is 63.0 Å². The third kappa shape index (κ3) is 4.35. The lowest BCUT2D eigenvalue weighted by atomic mass is 9.85. The van der Waals surface area contributed by atoms with Crippen LogP contribution in [0.4, 0.5) is 0 Å². The molecule has 0 aliphatic heterocycles. The number of fused-ring (bicyclic) bond motifs is 11. The number of hydrogen-bond donors (Lipinski definition) is 0. The fraction of sp³-hybridized carbons (Fsp3) is 0.167. The standard InChI is InChI=1S/C48H38S2/c1-47(2,3)31-19-15-27(16-20-31)41-35-23-29-26-38-36(24-30(29)25-37(35)45-43(41)33-11-7-9-13-39(33)49-45)42(28-17-21-32(22-18-28)48(4,5)6)44-34-12-8-10-14-40(34)50-46(38)44/h7-26H,1-6H3. The molecule has 2 aromatic heterocycles. The lowest BCUT2D eigenvalue weighted by Crippen LogP contribution is -2.12. The molecule has 0 radical (unpaired) electrons. The molecule has 2 heterocycles. The lowest BCUT2D eigenvalue weighted by Gasteiger charge is -2.19. The quantitative estimate of drug-likeness (QED) is 0.171. The zero-order valence-electron chi connectivity index (χ0n) is 29.4. The van der Waals surface area contributed by atoms with Crippen molar-refractivity contribution in [2.45, 2.75) is 52.4 Å². The summed E-state index contributed by atoms with van der Waals surface area (Å²) in [6.07, 6.45) is 0. The normalized spacial score (nSPS) is 13.7. The lowest BCUT2D eigenvalue weighted by molar-refractivity contribution is 0.590. The summed E-state index contributed by atoms with van der Waals surface area (Å²) in [6.45, 7) is 13.8. The van der Waals surface area contributed by atoms with Crippen molar-refractivity contribution >= 4 is 64.8 Å². The van der Waals surface area contributed by atoms with Gasteiger partial charge in [-0.05, 0) is 102 Å². The molecule has 0 bridgehead atoms. The van der Waals surface area contributed by atoms with Crippen LogP contribution >= 0.6 is 22.7 Å². The van der Waals surface area contributed by atoms with E-state index in [9.17, 15) is 0 Å². The Balaban J connectivity index is 1.27. The van der Waals surface area contributed by atoms with Crippen LogP contribution in [0.15, 0.2) is 121 Å². The van der Waals surface area contributed by atoms with Crippen molar-refractivity contribution in [3.05, 3.63) is 165 Å². The summed E-state index contributed by atoms with van der Waals surface area (Å²) in [7, 11) is 0. The highest BCUT2D eigenvalue weighted by atomic mass is 32.1. The van der Waals surface area contributed by atoms with Crippen molar-refractivity contribution in [1.29, 1.82) is 0 Å². The molecule has 2 aliphatic rings. The van der Waals surface area contributed by atoms with E-state index in [-0.39, 0.29) is 10.8 Å². The summed E-state index contributed by atoms with van der Waals surface area (Å²) >= 11 is 3.88. The van der Waals surface area contributed by atoms with Crippen molar-refractivity contribution in [2.24, 2.45) is 0 Å². The molecule has 0 atom stereocenters. The maximum atomic E-state index is 2.49. The summed E-state index contributed by atoms with van der Waals surface area (Å²) in [6, 6.07) is 46.6. The Hall–Kier alpha value is -4.76. The zero-order valence-corrected chi connectivity index (χ0v) is 31.0. The first-order valence-corrected chi connectivity index (χ1v) is 19.3. The molecule has 0 saturated heterocycles. The van der Waals surface area contributed by atoms with Crippen molar-refractivity contribution < 1.29 is 0 Å². The van der Waals surface area contributed by atoms with Gasteiger partial charge in [-0.25, -0.2) is 0 Å². The maximum absolute atomic E-state index is 2.49. The summed E-state index contributed by atoms with van der Waals surface area (Å²) in [5.74, 6) is 0. The molecule has 0 N–H and O–H groups in total. The molecule has 0 unspecified atom stereocenters. The smallest absolute Gasteiger partial charge is 0.0440 e. The summed E-state index contributed by atoms with van der Waals surface area (Å²) < 4.78 is 2.71. The van der Waals surface area contributed by atoms with E-state index in [1.807, 2.05) is 22.7 Å². The molecule has 0 fully saturated rings. The second kappa shape index (κ2) is 10.4. The Morgan fingerprint density at radius 2 is 0.800 bits per heavy atom. The molecule has 242 valence electrons. The fourth-order valence-corrected chi connectivity index (χ4v) is 10.7. The van der Waals surface area contributed by atoms with Gasteiger partial charge in [-0.2, -0.15) is 0 Å². The molecule has 0 saturated carbocycles. The highest BCUT2D eigenvalue weighted by molar-refractivity contribution is 7.23. The number of rotatable bonds is 2. The van der Waals surface area contributed by atoms with Gasteiger partial charge in [0.05, 0.1) is 0 Å². The molecular formula is C48H38S2. The van der Waals surface area contributed by atoms with Gasteiger partial charge in [0.25, 0.3) is 0 Å². The zero-order chi connectivity index (χ0) is 34.1. The monoisotopic (exact) mass is 678 g/mol. The molecule has 6 aromatic carbocycles. The first-order chi connectivity index (χ1) is 24.0. The highest BCUT2D eigenvalue weighted by Crippen LogP contribution is 2.49. The van der Waals surface area contributed by atoms with Gasteiger partial charge in [0.1, 0.15) is 0 Å². The van der Waals surface area contributed by atoms with Gasteiger partial charge < -0.3 is 0 Å². The molecule has 2 aliphatic carbocycles. The number of hydrogen-bond acceptors (Lipinski definition) is 2. The van der Waals surface area contributed by atoms with Crippen LogP contribution in [-0.4, -0.2) is 0 Å². The van der Waals surface area contributed by atoms with Gasteiger partial charge >= 0.3 is 0 Å². The second-order valence-corrected chi connectivity index (χ2v) is 18.3. The van der Waals surface area contributed by atoms with Crippen molar-refractivity contribution in [2.75, 3.05) is 0 Å². The first-order valence-electron chi connectivity index (χ1n) is 17.7. The van der Waals surface area contributed by atoms with Crippen LogP contribution in [-0.2, 0) is 10.8 Å². The van der Waals surface area contributed by atoms with E-state index in [0.29, 0.717) is 0 Å². The predicted octanol–water partition coefficient (Wildman–Crippen LogP) is 12.3. The average Bonchev–Trinajstić information content (AvgIpc) is 3.82. The minimum absolute atomic E-state index is 0.115. The molecule has 0 amide bonds. The molecule has 50 heavy (non-hydrogen) atoms. The van der Waals surface area contributed by atoms with Crippen LogP contribution in [0, 0.1) is 0 Å². The third-order valence-electron chi connectivity index (χ3n) is 10.9. The number of thiophene rings is 2. The molecule has 8 aromatic rings. The topological polar surface area (TPSA) is 0 Å². The fourth-order valence-electron chi connectivity index (χ4n) is 8.25. The molecule has 10 rings (SSSR count). The highest BCUT2D eigenvalue weighted by Gasteiger charge is 2.30. The Morgan fingerprint density at radius 1 is 0.420 bits per heavy atom. The van der Waals surface area contributed by atoms with Crippen molar-refractivity contribution in [3.63, 3.8) is 0 Å². The van der Waals surface area contributed by atoms with E-state index in [4.69, 9.17) is 0 Å². The minimum atomic E-state index is 0.115. The molecule has 2 heteroatoms. The van der Waals surface area contributed by atoms with Crippen molar-refractivity contribution in [3.8, 4) is 20.9 Å². The van der Waals surface area contributed by atoms with E-state index in [2.05, 4.69) is 163 Å². The van der Waals surface area contributed by atoms with Gasteiger partial charge in [-0.3, -0.25) is 0 Å². The van der Waals surface area contributed by atoms with E-state index in [0.717, 1.165) is 0 Å². The van der Waals surface area contributed by atoms with Gasteiger partial charge in [-0.1, -0.05) is 126 Å². The van der Waals surface area contributed by atoms with Gasteiger partial charge in [0.15, 0.2) is 0 Å². The summed E-state index contributed by atoms with van der Waals surface area (Å²) in [5, 5.41) is 8.02. The van der Waals surface area contributed by atoms with Crippen LogP contribution in [0.2, 0.25) is 0 Å². The minimum Gasteiger partial charge on any atom is -0.135 e. The largest absolute Gasteiger partial charge is 0.135 e. The van der Waals surface area contributed by atoms with Crippen molar-refractivity contribution in [1.82, 2.24) is 0 Å². The molecular weight excluding hydrogens is 641 g/mol. The Bertz CT molecular complexity index is 2640. The van der Waals surface area contributed by atoms with E-state index >= 15 is 0 Å². The summed E-state index contributed by atoms with van der Waals surface area (Å²) in [5.41, 5.74) is 13.8. The Kier molecular flexibility index (Phi) is 6.25.